The first kappa shape index (κ1) is 20.1. The Balaban J connectivity index is 1.35. The SMILES string of the molecule is C#Cc1c(C(=O)NCC2CCOC2)noc1COCc1ccc2c(c1)C=CCC=C2. The number of carbonyl (C=O) groups is 1. The molecule has 2 aromatic rings. The van der Waals surface area contributed by atoms with E-state index in [0.29, 0.717) is 37.0 Å². The molecule has 0 saturated carbocycles. The molecule has 1 atom stereocenters. The number of allylic oxidation sites excluding steroid dienone is 2. The molecule has 0 bridgehead atoms. The summed E-state index contributed by atoms with van der Waals surface area (Å²) in [6.07, 6.45) is 16.0. The van der Waals surface area contributed by atoms with Crippen LogP contribution < -0.4 is 5.32 Å². The Labute approximate surface area is 175 Å². The molecule has 6 heteroatoms. The lowest BCUT2D eigenvalue weighted by Gasteiger charge is -2.08. The number of aromatic nitrogens is 1. The average molecular weight is 404 g/mol. The number of hydrogen-bond donors (Lipinski definition) is 1. The van der Waals surface area contributed by atoms with E-state index in [0.717, 1.165) is 25.0 Å². The summed E-state index contributed by atoms with van der Waals surface area (Å²) < 4.78 is 16.4. The van der Waals surface area contributed by atoms with E-state index in [4.69, 9.17) is 20.4 Å². The van der Waals surface area contributed by atoms with Gasteiger partial charge < -0.3 is 19.3 Å². The minimum absolute atomic E-state index is 0.122. The highest BCUT2D eigenvalue weighted by molar-refractivity contribution is 5.94. The van der Waals surface area contributed by atoms with Crippen molar-refractivity contribution in [1.82, 2.24) is 10.5 Å². The lowest BCUT2D eigenvalue weighted by Crippen LogP contribution is -2.30. The average Bonchev–Trinajstić information content (AvgIpc) is 3.36. The second kappa shape index (κ2) is 9.57. The van der Waals surface area contributed by atoms with Crippen LogP contribution >= 0.6 is 0 Å². The lowest BCUT2D eigenvalue weighted by molar-refractivity contribution is 0.0875. The quantitative estimate of drug-likeness (QED) is 0.714. The van der Waals surface area contributed by atoms with Gasteiger partial charge in [0.1, 0.15) is 12.2 Å². The number of amides is 1. The van der Waals surface area contributed by atoms with E-state index in [2.05, 4.69) is 52.8 Å². The number of nitrogens with zero attached hydrogens (tertiary/aromatic N) is 1. The first-order valence-corrected chi connectivity index (χ1v) is 10.1. The summed E-state index contributed by atoms with van der Waals surface area (Å²) in [7, 11) is 0. The normalized spacial score (nSPS) is 17.4. The van der Waals surface area contributed by atoms with E-state index in [1.165, 1.54) is 11.1 Å². The molecular formula is C24H24N2O4. The van der Waals surface area contributed by atoms with Crippen LogP contribution in [0.4, 0.5) is 0 Å². The minimum atomic E-state index is -0.338. The predicted molar refractivity (Wildman–Crippen MR) is 113 cm³/mol. The molecule has 1 aromatic carbocycles. The van der Waals surface area contributed by atoms with Gasteiger partial charge in [-0.2, -0.15) is 0 Å². The van der Waals surface area contributed by atoms with Crippen LogP contribution in [0.2, 0.25) is 0 Å². The van der Waals surface area contributed by atoms with Gasteiger partial charge in [0.25, 0.3) is 5.91 Å². The number of rotatable bonds is 7. The molecule has 1 aromatic heterocycles. The second-order valence-electron chi connectivity index (χ2n) is 7.41. The van der Waals surface area contributed by atoms with Crippen molar-refractivity contribution in [3.63, 3.8) is 0 Å². The molecule has 1 aliphatic carbocycles. The zero-order valence-corrected chi connectivity index (χ0v) is 16.7. The number of carbonyl (C=O) groups excluding carboxylic acids is 1. The molecular weight excluding hydrogens is 380 g/mol. The van der Waals surface area contributed by atoms with Crippen molar-refractivity contribution in [2.24, 2.45) is 5.92 Å². The van der Waals surface area contributed by atoms with Gasteiger partial charge in [0.15, 0.2) is 11.5 Å². The number of hydrogen-bond acceptors (Lipinski definition) is 5. The van der Waals surface area contributed by atoms with Gasteiger partial charge in [0.2, 0.25) is 0 Å². The van der Waals surface area contributed by atoms with Crippen molar-refractivity contribution < 1.29 is 18.8 Å². The zero-order chi connectivity index (χ0) is 20.8. The maximum Gasteiger partial charge on any atom is 0.274 e. The van der Waals surface area contributed by atoms with Crippen molar-refractivity contribution in [3.05, 3.63) is 64.1 Å². The van der Waals surface area contributed by atoms with Crippen molar-refractivity contribution in [1.29, 1.82) is 0 Å². The van der Waals surface area contributed by atoms with Crippen LogP contribution in [-0.4, -0.2) is 30.8 Å². The monoisotopic (exact) mass is 404 g/mol. The van der Waals surface area contributed by atoms with Gasteiger partial charge >= 0.3 is 0 Å². The summed E-state index contributed by atoms with van der Waals surface area (Å²) in [4.78, 5) is 12.4. The maximum atomic E-state index is 12.4. The van der Waals surface area contributed by atoms with Crippen LogP contribution in [0.3, 0.4) is 0 Å². The Bertz CT molecular complexity index is 1010. The van der Waals surface area contributed by atoms with Crippen molar-refractivity contribution in [2.45, 2.75) is 26.1 Å². The van der Waals surface area contributed by atoms with Crippen molar-refractivity contribution in [3.8, 4) is 12.3 Å². The van der Waals surface area contributed by atoms with Crippen LogP contribution in [0.15, 0.2) is 34.9 Å². The van der Waals surface area contributed by atoms with E-state index >= 15 is 0 Å². The third-order valence-electron chi connectivity index (χ3n) is 5.22. The van der Waals surface area contributed by atoms with Gasteiger partial charge in [-0.05, 0) is 35.6 Å². The molecule has 2 aliphatic rings. The van der Waals surface area contributed by atoms with Crippen molar-refractivity contribution >= 4 is 18.1 Å². The number of fused-ring (bicyclic) bond motifs is 1. The van der Waals surface area contributed by atoms with E-state index < -0.39 is 0 Å². The van der Waals surface area contributed by atoms with Gasteiger partial charge in [-0.1, -0.05) is 47.5 Å². The van der Waals surface area contributed by atoms with Gasteiger partial charge in [0.05, 0.1) is 13.2 Å². The molecule has 0 spiro atoms. The van der Waals surface area contributed by atoms with Gasteiger partial charge in [-0.25, -0.2) is 0 Å². The Kier molecular flexibility index (Phi) is 6.43. The summed E-state index contributed by atoms with van der Waals surface area (Å²) in [5.41, 5.74) is 3.87. The van der Waals surface area contributed by atoms with Crippen LogP contribution in [0.5, 0.6) is 0 Å². The standard InChI is InChI=1S/C24H24N2O4/c1-2-21-22(30-26-23(21)24(27)25-13-18-10-11-28-15-18)16-29-14-17-8-9-19-6-4-3-5-7-20(19)12-17/h1,4-9,12,18H,3,10-11,13-16H2,(H,25,27). The molecule has 154 valence electrons. The molecule has 6 nitrogen and oxygen atoms in total. The second-order valence-corrected chi connectivity index (χ2v) is 7.41. The third-order valence-corrected chi connectivity index (χ3v) is 5.22. The highest BCUT2D eigenvalue weighted by Gasteiger charge is 2.23. The van der Waals surface area contributed by atoms with E-state index in [1.807, 2.05) is 6.07 Å². The summed E-state index contributed by atoms with van der Waals surface area (Å²) in [5.74, 6) is 2.88. The van der Waals surface area contributed by atoms with Gasteiger partial charge in [0, 0.05) is 19.1 Å². The van der Waals surface area contributed by atoms with Crippen LogP contribution in [-0.2, 0) is 22.7 Å². The molecule has 30 heavy (non-hydrogen) atoms. The molecule has 1 aliphatic heterocycles. The van der Waals surface area contributed by atoms with Gasteiger partial charge in [-0.3, -0.25) is 4.79 Å². The van der Waals surface area contributed by atoms with Crippen molar-refractivity contribution in [2.75, 3.05) is 19.8 Å². The fourth-order valence-corrected chi connectivity index (χ4v) is 3.53. The fraction of sp³-hybridized carbons (Fsp3) is 0.333. The van der Waals surface area contributed by atoms with E-state index in [1.54, 1.807) is 0 Å². The van der Waals surface area contributed by atoms with Gasteiger partial charge in [-0.15, -0.1) is 6.42 Å². The molecule has 0 radical (unpaired) electrons. The lowest BCUT2D eigenvalue weighted by atomic mass is 10.0. The molecule has 1 unspecified atom stereocenters. The molecule has 1 N–H and O–H groups in total. The largest absolute Gasteiger partial charge is 0.381 e. The van der Waals surface area contributed by atoms with E-state index in [9.17, 15) is 4.79 Å². The Morgan fingerprint density at radius 1 is 1.27 bits per heavy atom. The Hall–Kier alpha value is -3.14. The summed E-state index contributed by atoms with van der Waals surface area (Å²) >= 11 is 0. The highest BCUT2D eigenvalue weighted by Crippen LogP contribution is 2.20. The molecule has 1 fully saturated rings. The molecule has 4 rings (SSSR count). The van der Waals surface area contributed by atoms with Crippen LogP contribution in [0, 0.1) is 18.3 Å². The number of benzene rings is 1. The molecule has 1 amide bonds. The molecule has 2 heterocycles. The summed E-state index contributed by atoms with van der Waals surface area (Å²) in [6, 6.07) is 6.23. The first-order valence-electron chi connectivity index (χ1n) is 10.1. The minimum Gasteiger partial charge on any atom is -0.381 e. The smallest absolute Gasteiger partial charge is 0.274 e. The molecule has 1 saturated heterocycles. The Morgan fingerprint density at radius 3 is 2.93 bits per heavy atom. The number of terminal acetylenes is 1. The fourth-order valence-electron chi connectivity index (χ4n) is 3.53. The van der Waals surface area contributed by atoms with Crippen LogP contribution in [0.25, 0.3) is 12.2 Å². The summed E-state index contributed by atoms with van der Waals surface area (Å²) in [5, 5.41) is 6.72. The first-order chi connectivity index (χ1) is 14.7. The number of ether oxygens (including phenoxy) is 2. The van der Waals surface area contributed by atoms with E-state index in [-0.39, 0.29) is 18.2 Å². The van der Waals surface area contributed by atoms with Crippen LogP contribution in [0.1, 0.15) is 51.3 Å². The highest BCUT2D eigenvalue weighted by atomic mass is 16.5. The topological polar surface area (TPSA) is 73.6 Å². The zero-order valence-electron chi connectivity index (χ0n) is 16.7. The summed E-state index contributed by atoms with van der Waals surface area (Å²) in [6.45, 7) is 2.47. The Morgan fingerprint density at radius 2 is 2.13 bits per heavy atom. The predicted octanol–water partition coefficient (Wildman–Crippen LogP) is 3.57. The number of nitrogens with one attached hydrogen (secondary N) is 1. The third kappa shape index (κ3) is 4.70. The maximum absolute atomic E-state index is 12.4.